The van der Waals surface area contributed by atoms with E-state index in [-0.39, 0.29) is 0 Å². The molecule has 94 valence electrons. The second kappa shape index (κ2) is 6.10. The molecule has 0 aliphatic rings. The Labute approximate surface area is 109 Å². The van der Waals surface area contributed by atoms with E-state index in [1.54, 1.807) is 0 Å². The van der Waals surface area contributed by atoms with Gasteiger partial charge in [0.2, 0.25) is 0 Å². The normalized spacial score (nSPS) is 10.1. The Morgan fingerprint density at radius 1 is 0.889 bits per heavy atom. The summed E-state index contributed by atoms with van der Waals surface area (Å²) in [5.74, 6) is 0. The van der Waals surface area contributed by atoms with E-state index in [0.29, 0.717) is 0 Å². The van der Waals surface area contributed by atoms with Crippen LogP contribution in [0, 0.1) is 6.92 Å². The summed E-state index contributed by atoms with van der Waals surface area (Å²) in [4.78, 5) is 0. The summed E-state index contributed by atoms with van der Waals surface area (Å²) in [5, 5.41) is 6.91. The molecule has 0 aromatic heterocycles. The van der Waals surface area contributed by atoms with Gasteiger partial charge in [0.05, 0.1) is 11.4 Å². The van der Waals surface area contributed by atoms with E-state index < -0.39 is 0 Å². The molecule has 0 radical (unpaired) electrons. The average molecular weight is 240 g/mol. The molecule has 0 unspecified atom stereocenters. The van der Waals surface area contributed by atoms with Crippen molar-refractivity contribution < 1.29 is 0 Å². The quantitative estimate of drug-likeness (QED) is 0.824. The lowest BCUT2D eigenvalue weighted by Gasteiger charge is -2.15. The number of rotatable bonds is 5. The van der Waals surface area contributed by atoms with E-state index in [1.165, 1.54) is 22.5 Å². The molecule has 2 rings (SSSR count). The zero-order valence-electron chi connectivity index (χ0n) is 11.0. The highest BCUT2D eigenvalue weighted by Gasteiger charge is 2.03. The van der Waals surface area contributed by atoms with Gasteiger partial charge < -0.3 is 10.6 Å². The molecule has 0 saturated carbocycles. The Bertz CT molecular complexity index is 492. The number of anilines is 2. The van der Waals surface area contributed by atoms with Gasteiger partial charge in [0, 0.05) is 13.1 Å². The SMILES string of the molecule is CCNc1c(C)cccc1NCc1ccccc1. The lowest BCUT2D eigenvalue weighted by molar-refractivity contribution is 1.13. The standard InChI is InChI=1S/C16H20N2/c1-3-17-16-13(2)8-7-11-15(16)18-12-14-9-5-4-6-10-14/h4-11,17-18H,3,12H2,1-2H3. The van der Waals surface area contributed by atoms with E-state index in [2.05, 4.69) is 66.9 Å². The molecule has 0 heterocycles. The van der Waals surface area contributed by atoms with Crippen LogP contribution in [-0.4, -0.2) is 6.54 Å². The smallest absolute Gasteiger partial charge is 0.0605 e. The summed E-state index contributed by atoms with van der Waals surface area (Å²) in [7, 11) is 0. The van der Waals surface area contributed by atoms with Gasteiger partial charge in [-0.2, -0.15) is 0 Å². The fourth-order valence-electron chi connectivity index (χ4n) is 2.02. The molecule has 0 bridgehead atoms. The van der Waals surface area contributed by atoms with Gasteiger partial charge in [-0.3, -0.25) is 0 Å². The van der Waals surface area contributed by atoms with Crippen LogP contribution in [0.1, 0.15) is 18.1 Å². The van der Waals surface area contributed by atoms with Gasteiger partial charge >= 0.3 is 0 Å². The highest BCUT2D eigenvalue weighted by molar-refractivity contribution is 5.72. The molecule has 0 aliphatic carbocycles. The fourth-order valence-corrected chi connectivity index (χ4v) is 2.02. The Hall–Kier alpha value is -1.96. The Kier molecular flexibility index (Phi) is 4.24. The molecule has 0 aliphatic heterocycles. The van der Waals surface area contributed by atoms with Crippen molar-refractivity contribution in [2.24, 2.45) is 0 Å². The van der Waals surface area contributed by atoms with Crippen LogP contribution in [0.15, 0.2) is 48.5 Å². The van der Waals surface area contributed by atoms with Crippen molar-refractivity contribution in [1.82, 2.24) is 0 Å². The minimum absolute atomic E-state index is 0.850. The van der Waals surface area contributed by atoms with Crippen LogP contribution in [0.4, 0.5) is 11.4 Å². The second-order valence-corrected chi connectivity index (χ2v) is 4.37. The minimum Gasteiger partial charge on any atom is -0.383 e. The van der Waals surface area contributed by atoms with Crippen LogP contribution >= 0.6 is 0 Å². The average Bonchev–Trinajstić information content (AvgIpc) is 2.41. The van der Waals surface area contributed by atoms with E-state index in [4.69, 9.17) is 0 Å². The Balaban J connectivity index is 2.11. The number of para-hydroxylation sites is 1. The van der Waals surface area contributed by atoms with Gasteiger partial charge in [0.15, 0.2) is 0 Å². The van der Waals surface area contributed by atoms with Gasteiger partial charge in [-0.1, -0.05) is 42.5 Å². The summed E-state index contributed by atoms with van der Waals surface area (Å²) < 4.78 is 0. The van der Waals surface area contributed by atoms with Crippen LogP contribution in [0.2, 0.25) is 0 Å². The summed E-state index contributed by atoms with van der Waals surface area (Å²) in [5.41, 5.74) is 4.94. The number of hydrogen-bond acceptors (Lipinski definition) is 2. The maximum Gasteiger partial charge on any atom is 0.0605 e. The first-order valence-corrected chi connectivity index (χ1v) is 6.42. The van der Waals surface area contributed by atoms with E-state index >= 15 is 0 Å². The molecule has 2 heteroatoms. The third-order valence-electron chi connectivity index (χ3n) is 2.95. The van der Waals surface area contributed by atoms with Crippen molar-refractivity contribution >= 4 is 11.4 Å². The van der Waals surface area contributed by atoms with Crippen LogP contribution in [0.3, 0.4) is 0 Å². The molecule has 0 atom stereocenters. The van der Waals surface area contributed by atoms with E-state index in [0.717, 1.165) is 13.1 Å². The number of benzene rings is 2. The van der Waals surface area contributed by atoms with Crippen LogP contribution in [0.5, 0.6) is 0 Å². The predicted octanol–water partition coefficient (Wildman–Crippen LogP) is 4.04. The molecule has 0 fully saturated rings. The topological polar surface area (TPSA) is 24.1 Å². The van der Waals surface area contributed by atoms with Crippen molar-refractivity contribution in [3.8, 4) is 0 Å². The zero-order valence-corrected chi connectivity index (χ0v) is 11.0. The maximum atomic E-state index is 3.49. The molecule has 2 aromatic rings. The Morgan fingerprint density at radius 3 is 2.39 bits per heavy atom. The predicted molar refractivity (Wildman–Crippen MR) is 79.1 cm³/mol. The van der Waals surface area contributed by atoms with Gasteiger partial charge in [-0.15, -0.1) is 0 Å². The summed E-state index contributed by atoms with van der Waals surface area (Å²) in [6.07, 6.45) is 0. The molecule has 2 nitrogen and oxygen atoms in total. The van der Waals surface area contributed by atoms with E-state index in [9.17, 15) is 0 Å². The van der Waals surface area contributed by atoms with Gasteiger partial charge in [0.25, 0.3) is 0 Å². The van der Waals surface area contributed by atoms with Crippen molar-refractivity contribution in [2.45, 2.75) is 20.4 Å². The molecule has 2 N–H and O–H groups in total. The van der Waals surface area contributed by atoms with E-state index in [1.807, 2.05) is 6.07 Å². The molecule has 0 saturated heterocycles. The van der Waals surface area contributed by atoms with Gasteiger partial charge in [-0.25, -0.2) is 0 Å². The molecular formula is C16H20N2. The van der Waals surface area contributed by atoms with Gasteiger partial charge in [-0.05, 0) is 31.0 Å². The largest absolute Gasteiger partial charge is 0.383 e. The third-order valence-corrected chi connectivity index (χ3v) is 2.95. The molecule has 2 aromatic carbocycles. The van der Waals surface area contributed by atoms with Crippen molar-refractivity contribution in [1.29, 1.82) is 0 Å². The highest BCUT2D eigenvalue weighted by Crippen LogP contribution is 2.25. The number of nitrogens with one attached hydrogen (secondary N) is 2. The first kappa shape index (κ1) is 12.5. The highest BCUT2D eigenvalue weighted by atomic mass is 14.9. The second-order valence-electron chi connectivity index (χ2n) is 4.37. The molecule has 18 heavy (non-hydrogen) atoms. The minimum atomic E-state index is 0.850. The maximum absolute atomic E-state index is 3.49. The molecule has 0 spiro atoms. The monoisotopic (exact) mass is 240 g/mol. The van der Waals surface area contributed by atoms with Crippen LogP contribution < -0.4 is 10.6 Å². The fraction of sp³-hybridized carbons (Fsp3) is 0.250. The Morgan fingerprint density at radius 2 is 1.67 bits per heavy atom. The van der Waals surface area contributed by atoms with Crippen molar-refractivity contribution in [3.05, 3.63) is 59.7 Å². The first-order valence-electron chi connectivity index (χ1n) is 6.42. The zero-order chi connectivity index (χ0) is 12.8. The summed E-state index contributed by atoms with van der Waals surface area (Å²) in [6.45, 7) is 6.03. The van der Waals surface area contributed by atoms with Gasteiger partial charge in [0.1, 0.15) is 0 Å². The molecular weight excluding hydrogens is 220 g/mol. The summed E-state index contributed by atoms with van der Waals surface area (Å²) >= 11 is 0. The van der Waals surface area contributed by atoms with Crippen LogP contribution in [0.25, 0.3) is 0 Å². The van der Waals surface area contributed by atoms with Crippen molar-refractivity contribution in [2.75, 3.05) is 17.2 Å². The summed E-state index contributed by atoms with van der Waals surface area (Å²) in [6, 6.07) is 16.8. The molecule has 0 amide bonds. The van der Waals surface area contributed by atoms with Crippen molar-refractivity contribution in [3.63, 3.8) is 0 Å². The first-order chi connectivity index (χ1) is 8.81. The lowest BCUT2D eigenvalue weighted by atomic mass is 10.1. The number of aryl methyl sites for hydroxylation is 1. The third kappa shape index (κ3) is 3.04. The lowest BCUT2D eigenvalue weighted by Crippen LogP contribution is -2.06. The number of hydrogen-bond donors (Lipinski definition) is 2. The van der Waals surface area contributed by atoms with Crippen LogP contribution in [-0.2, 0) is 6.54 Å².